The van der Waals surface area contributed by atoms with E-state index >= 15 is 0 Å². The van der Waals surface area contributed by atoms with Gasteiger partial charge in [-0.1, -0.05) is 0 Å². The Morgan fingerprint density at radius 3 is 1.30 bits per heavy atom. The van der Waals surface area contributed by atoms with Crippen molar-refractivity contribution in [2.45, 2.75) is 61.2 Å². The zero-order valence-corrected chi connectivity index (χ0v) is 26.4. The molecule has 10 nitrogen and oxygen atoms in total. The molecule has 0 N–H and O–H groups in total. The van der Waals surface area contributed by atoms with Gasteiger partial charge in [0, 0.05) is 72.0 Å². The maximum absolute atomic E-state index is 12.1. The van der Waals surface area contributed by atoms with Gasteiger partial charge in [0.05, 0.1) is 0 Å². The molecular weight excluding hydrogens is 604 g/mol. The van der Waals surface area contributed by atoms with E-state index in [4.69, 9.17) is 8.83 Å². The van der Waals surface area contributed by atoms with Gasteiger partial charge in [0.25, 0.3) is 0 Å². The van der Waals surface area contributed by atoms with E-state index in [2.05, 4.69) is 9.80 Å². The van der Waals surface area contributed by atoms with Gasteiger partial charge >= 0.3 is 11.3 Å². The summed E-state index contributed by atoms with van der Waals surface area (Å²) in [7, 11) is -7.16. The molecule has 0 amide bonds. The van der Waals surface area contributed by atoms with Crippen molar-refractivity contribution in [1.82, 2.24) is 0 Å². The van der Waals surface area contributed by atoms with Crippen LogP contribution in [0.1, 0.15) is 47.9 Å². The van der Waals surface area contributed by atoms with Crippen LogP contribution >= 0.6 is 0 Å². The van der Waals surface area contributed by atoms with Crippen molar-refractivity contribution in [2.24, 2.45) is 0 Å². The van der Waals surface area contributed by atoms with Gasteiger partial charge in [-0.3, -0.25) is 0 Å². The number of benzene rings is 2. The Morgan fingerprint density at radius 1 is 0.568 bits per heavy atom. The maximum Gasteiger partial charge on any atom is 0.355 e. The predicted molar refractivity (Wildman–Crippen MR) is 169 cm³/mol. The smallest absolute Gasteiger partial charge is 0.355 e. The summed E-state index contributed by atoms with van der Waals surface area (Å²) in [6.45, 7) is 4.16. The molecule has 0 saturated carbocycles. The standard InChI is InChI=1S/2C16H17NO4S/c2*1-22(19,20)13-9-11-8-10-4-2-6-17-7-3-5-12(14(10)17)15(11)21-16(13)18/h2*8-9H,2-7H2,1H3. The summed E-state index contributed by atoms with van der Waals surface area (Å²) in [6.07, 6.45) is 10.1. The van der Waals surface area contributed by atoms with Crippen molar-refractivity contribution in [3.8, 4) is 0 Å². The quantitative estimate of drug-likeness (QED) is 0.299. The summed E-state index contributed by atoms with van der Waals surface area (Å²) in [5.74, 6) is 0. The highest BCUT2D eigenvalue weighted by atomic mass is 32.2. The average Bonchev–Trinajstić information content (AvgIpc) is 2.97. The summed E-state index contributed by atoms with van der Waals surface area (Å²) in [5, 5.41) is 1.44. The van der Waals surface area contributed by atoms with Crippen LogP contribution in [0.25, 0.3) is 21.9 Å². The van der Waals surface area contributed by atoms with Gasteiger partial charge in [-0.05, 0) is 86.8 Å². The molecule has 2 aromatic carbocycles. The van der Waals surface area contributed by atoms with Gasteiger partial charge in [-0.25, -0.2) is 26.4 Å². The van der Waals surface area contributed by atoms with Crippen LogP contribution in [0.3, 0.4) is 0 Å². The first-order valence-electron chi connectivity index (χ1n) is 15.1. The van der Waals surface area contributed by atoms with Crippen LogP contribution in [-0.4, -0.2) is 55.5 Å². The van der Waals surface area contributed by atoms with E-state index in [1.165, 1.54) is 34.6 Å². The third-order valence-electron chi connectivity index (χ3n) is 9.17. The second-order valence-electron chi connectivity index (χ2n) is 12.3. The van der Waals surface area contributed by atoms with Crippen LogP contribution in [0.2, 0.25) is 0 Å². The third kappa shape index (κ3) is 4.92. The zero-order chi connectivity index (χ0) is 31.0. The minimum absolute atomic E-state index is 0.254. The molecule has 0 fully saturated rings. The van der Waals surface area contributed by atoms with Crippen LogP contribution in [-0.2, 0) is 45.4 Å². The molecule has 2 aromatic heterocycles. The molecule has 44 heavy (non-hydrogen) atoms. The van der Waals surface area contributed by atoms with E-state index in [0.717, 1.165) is 112 Å². The summed E-state index contributed by atoms with van der Waals surface area (Å²) < 4.78 is 57.8. The second kappa shape index (κ2) is 10.5. The van der Waals surface area contributed by atoms with Crippen LogP contribution in [0.15, 0.2) is 52.5 Å². The van der Waals surface area contributed by atoms with E-state index < -0.39 is 30.9 Å². The van der Waals surface area contributed by atoms with Crippen molar-refractivity contribution in [3.63, 3.8) is 0 Å². The lowest BCUT2D eigenvalue weighted by Gasteiger charge is -2.37. The molecule has 6 heterocycles. The Morgan fingerprint density at radius 2 is 0.932 bits per heavy atom. The molecule has 232 valence electrons. The van der Waals surface area contributed by atoms with Gasteiger partial charge < -0.3 is 18.6 Å². The molecular formula is C32H34N2O8S2. The van der Waals surface area contributed by atoms with Crippen molar-refractivity contribution in [2.75, 3.05) is 48.5 Å². The number of nitrogens with zero attached hydrogens (tertiary/aromatic N) is 2. The monoisotopic (exact) mass is 638 g/mol. The fraction of sp³-hybridized carbons (Fsp3) is 0.438. The fourth-order valence-electron chi connectivity index (χ4n) is 7.37. The molecule has 4 aromatic rings. The van der Waals surface area contributed by atoms with Gasteiger partial charge in [0.2, 0.25) is 0 Å². The zero-order valence-electron chi connectivity index (χ0n) is 24.8. The largest absolute Gasteiger partial charge is 0.421 e. The number of anilines is 2. The molecule has 12 heteroatoms. The Bertz CT molecular complexity index is 2040. The van der Waals surface area contributed by atoms with Gasteiger partial charge in [0.15, 0.2) is 29.5 Å². The third-order valence-corrected chi connectivity index (χ3v) is 11.3. The summed E-state index contributed by atoms with van der Waals surface area (Å²) in [4.78, 5) is 28.3. The lowest BCUT2D eigenvalue weighted by Crippen LogP contribution is -2.34. The lowest BCUT2D eigenvalue weighted by molar-refractivity contribution is 0.525. The number of hydrogen-bond donors (Lipinski definition) is 0. The average molecular weight is 639 g/mol. The molecule has 0 unspecified atom stereocenters. The van der Waals surface area contributed by atoms with Crippen molar-refractivity contribution in [1.29, 1.82) is 0 Å². The molecule has 0 saturated heterocycles. The maximum atomic E-state index is 12.1. The van der Waals surface area contributed by atoms with Crippen LogP contribution in [0, 0.1) is 0 Å². The molecule has 0 atom stereocenters. The predicted octanol–water partition coefficient (Wildman–Crippen LogP) is 3.79. The number of aryl methyl sites for hydroxylation is 4. The minimum Gasteiger partial charge on any atom is -0.421 e. The highest BCUT2D eigenvalue weighted by Crippen LogP contribution is 2.41. The van der Waals surface area contributed by atoms with Crippen LogP contribution in [0.5, 0.6) is 0 Å². The van der Waals surface area contributed by atoms with E-state index in [9.17, 15) is 26.4 Å². The number of hydrogen-bond acceptors (Lipinski definition) is 10. The molecule has 0 bridgehead atoms. The molecule has 4 aliphatic heterocycles. The summed E-state index contributed by atoms with van der Waals surface area (Å²) in [5.41, 5.74) is 6.61. The summed E-state index contributed by atoms with van der Waals surface area (Å²) in [6, 6.07) is 6.92. The minimum atomic E-state index is -3.58. The Hall–Kier alpha value is -3.64. The highest BCUT2D eigenvalue weighted by Gasteiger charge is 2.29. The van der Waals surface area contributed by atoms with Gasteiger partial charge in [0.1, 0.15) is 11.2 Å². The first-order chi connectivity index (χ1) is 20.9. The van der Waals surface area contributed by atoms with E-state index in [1.54, 1.807) is 0 Å². The van der Waals surface area contributed by atoms with E-state index in [0.29, 0.717) is 11.2 Å². The van der Waals surface area contributed by atoms with E-state index in [-0.39, 0.29) is 9.79 Å². The van der Waals surface area contributed by atoms with E-state index in [1.807, 2.05) is 12.1 Å². The Balaban J connectivity index is 0.000000142. The molecule has 4 aliphatic rings. The van der Waals surface area contributed by atoms with Crippen molar-refractivity contribution >= 4 is 53.0 Å². The second-order valence-corrected chi connectivity index (χ2v) is 16.3. The number of sulfone groups is 2. The number of rotatable bonds is 2. The van der Waals surface area contributed by atoms with Gasteiger partial charge in [-0.15, -0.1) is 0 Å². The van der Waals surface area contributed by atoms with Crippen LogP contribution in [0.4, 0.5) is 11.4 Å². The molecule has 0 spiro atoms. The first kappa shape index (κ1) is 29.1. The molecule has 0 radical (unpaired) electrons. The fourth-order valence-corrected chi connectivity index (χ4v) is 8.74. The summed E-state index contributed by atoms with van der Waals surface area (Å²) >= 11 is 0. The normalized spacial score (nSPS) is 17.6. The first-order valence-corrected chi connectivity index (χ1v) is 18.8. The molecule has 8 rings (SSSR count). The van der Waals surface area contributed by atoms with Gasteiger partial charge in [-0.2, -0.15) is 0 Å². The number of fused-ring (bicyclic) bond motifs is 4. The Kier molecular flexibility index (Phi) is 6.93. The lowest BCUT2D eigenvalue weighted by atomic mass is 9.90. The van der Waals surface area contributed by atoms with Crippen LogP contribution < -0.4 is 21.1 Å². The highest BCUT2D eigenvalue weighted by molar-refractivity contribution is 7.91. The van der Waals surface area contributed by atoms with Crippen molar-refractivity contribution < 1.29 is 25.7 Å². The molecule has 0 aliphatic carbocycles. The SMILES string of the molecule is CS(=O)(=O)c1cc2cc3c4c(c2oc1=O)CCCN4CCC3.CS(=O)(=O)c1cc2cc3c4c(c2oc1=O)CCCN4CCC3. The van der Waals surface area contributed by atoms with Crippen molar-refractivity contribution in [3.05, 3.63) is 67.4 Å². The Labute approximate surface area is 255 Å². The topological polar surface area (TPSA) is 135 Å².